The summed E-state index contributed by atoms with van der Waals surface area (Å²) in [6.07, 6.45) is 0.687. The Morgan fingerprint density at radius 3 is 2.50 bits per heavy atom. The zero-order valence-electron chi connectivity index (χ0n) is 10.9. The van der Waals surface area contributed by atoms with Crippen LogP contribution in [0, 0.1) is 11.8 Å². The zero-order valence-corrected chi connectivity index (χ0v) is 10.9. The van der Waals surface area contributed by atoms with Crippen molar-refractivity contribution in [2.75, 3.05) is 0 Å². The molecule has 1 heterocycles. The molecule has 0 spiro atoms. The highest BCUT2D eigenvalue weighted by Crippen LogP contribution is 2.47. The molecule has 0 bridgehead atoms. The van der Waals surface area contributed by atoms with Crippen molar-refractivity contribution in [2.45, 2.75) is 19.4 Å². The van der Waals surface area contributed by atoms with Crippen LogP contribution in [-0.2, 0) is 14.1 Å². The van der Waals surface area contributed by atoms with E-state index in [0.717, 1.165) is 23.0 Å². The number of aliphatic hydroxyl groups is 1. The lowest BCUT2D eigenvalue weighted by Crippen LogP contribution is -2.19. The van der Waals surface area contributed by atoms with Crippen LogP contribution in [-0.4, -0.2) is 14.2 Å². The first-order valence-corrected chi connectivity index (χ1v) is 6.34. The molecule has 18 heavy (non-hydrogen) atoms. The highest BCUT2D eigenvalue weighted by molar-refractivity contribution is 5.77. The predicted octanol–water partition coefficient (Wildman–Crippen LogP) is 1.57. The molecular weight excluding hydrogens is 228 g/mol. The Kier molecular flexibility index (Phi) is 2.38. The van der Waals surface area contributed by atoms with Crippen LogP contribution >= 0.6 is 0 Å². The summed E-state index contributed by atoms with van der Waals surface area (Å²) in [7, 11) is 3.53. The van der Waals surface area contributed by atoms with Crippen LogP contribution in [0.15, 0.2) is 23.0 Å². The number of hydrogen-bond donors (Lipinski definition) is 1. The molecule has 3 rings (SSSR count). The van der Waals surface area contributed by atoms with Crippen molar-refractivity contribution in [1.82, 2.24) is 9.13 Å². The molecule has 1 fully saturated rings. The lowest BCUT2D eigenvalue weighted by atomic mass is 10.0. The largest absolute Gasteiger partial charge is 0.388 e. The summed E-state index contributed by atoms with van der Waals surface area (Å²) in [6, 6.07) is 5.78. The van der Waals surface area contributed by atoms with Crippen molar-refractivity contribution in [1.29, 1.82) is 0 Å². The maximum Gasteiger partial charge on any atom is 0.328 e. The van der Waals surface area contributed by atoms with Gasteiger partial charge in [0.1, 0.15) is 0 Å². The van der Waals surface area contributed by atoms with Gasteiger partial charge in [0.25, 0.3) is 0 Å². The first-order chi connectivity index (χ1) is 8.50. The van der Waals surface area contributed by atoms with Gasteiger partial charge in [0, 0.05) is 14.1 Å². The predicted molar refractivity (Wildman–Crippen MR) is 70.4 cm³/mol. The van der Waals surface area contributed by atoms with Gasteiger partial charge in [-0.3, -0.25) is 9.13 Å². The van der Waals surface area contributed by atoms with Crippen LogP contribution < -0.4 is 5.69 Å². The molecule has 1 aliphatic rings. The molecular formula is C14H18N2O2. The van der Waals surface area contributed by atoms with Crippen molar-refractivity contribution < 1.29 is 5.11 Å². The summed E-state index contributed by atoms with van der Waals surface area (Å²) >= 11 is 0. The van der Waals surface area contributed by atoms with E-state index in [2.05, 4.69) is 6.92 Å². The van der Waals surface area contributed by atoms with Crippen LogP contribution in [0.2, 0.25) is 0 Å². The summed E-state index contributed by atoms with van der Waals surface area (Å²) in [5.74, 6) is 0.985. The maximum absolute atomic E-state index is 11.8. The van der Waals surface area contributed by atoms with Gasteiger partial charge in [0.15, 0.2) is 0 Å². The fraction of sp³-hybridized carbons (Fsp3) is 0.500. The number of nitrogens with zero attached hydrogens (tertiary/aromatic N) is 2. The van der Waals surface area contributed by atoms with E-state index in [1.165, 1.54) is 0 Å². The lowest BCUT2D eigenvalue weighted by Gasteiger charge is -2.10. The van der Waals surface area contributed by atoms with E-state index < -0.39 is 6.10 Å². The Morgan fingerprint density at radius 1 is 1.28 bits per heavy atom. The van der Waals surface area contributed by atoms with Gasteiger partial charge in [0.2, 0.25) is 0 Å². The van der Waals surface area contributed by atoms with Crippen molar-refractivity contribution >= 4 is 11.0 Å². The van der Waals surface area contributed by atoms with Crippen molar-refractivity contribution in [3.8, 4) is 0 Å². The molecule has 0 saturated heterocycles. The summed E-state index contributed by atoms with van der Waals surface area (Å²) in [4.78, 5) is 11.8. The van der Waals surface area contributed by atoms with E-state index in [-0.39, 0.29) is 5.69 Å². The molecule has 2 aromatic rings. The monoisotopic (exact) mass is 246 g/mol. The Hall–Kier alpha value is -1.55. The maximum atomic E-state index is 11.8. The van der Waals surface area contributed by atoms with Crippen LogP contribution in [0.1, 0.15) is 25.0 Å². The van der Waals surface area contributed by atoms with Crippen molar-refractivity contribution in [2.24, 2.45) is 25.9 Å². The molecule has 3 atom stereocenters. The van der Waals surface area contributed by atoms with Gasteiger partial charge in [-0.2, -0.15) is 0 Å². The second-order valence-electron chi connectivity index (χ2n) is 5.47. The number of aromatic nitrogens is 2. The Balaban J connectivity index is 2.11. The topological polar surface area (TPSA) is 47.2 Å². The minimum atomic E-state index is -0.403. The highest BCUT2D eigenvalue weighted by atomic mass is 16.3. The molecule has 1 aromatic carbocycles. The molecule has 1 saturated carbocycles. The van der Waals surface area contributed by atoms with Gasteiger partial charge in [0.05, 0.1) is 17.1 Å². The molecule has 0 radical (unpaired) electrons. The Morgan fingerprint density at radius 2 is 1.89 bits per heavy atom. The van der Waals surface area contributed by atoms with Gasteiger partial charge in [-0.1, -0.05) is 13.0 Å². The van der Waals surface area contributed by atoms with Gasteiger partial charge < -0.3 is 5.11 Å². The van der Waals surface area contributed by atoms with E-state index in [4.69, 9.17) is 0 Å². The second-order valence-corrected chi connectivity index (χ2v) is 5.47. The SMILES string of the molecule is CC1CC1C(O)c1ccc2c(c1)n(C)c(=O)n2C. The summed E-state index contributed by atoms with van der Waals surface area (Å²) in [5.41, 5.74) is 2.67. The summed E-state index contributed by atoms with van der Waals surface area (Å²) < 4.78 is 3.26. The number of aryl methyl sites for hydroxylation is 2. The minimum absolute atomic E-state index is 0.0311. The van der Waals surface area contributed by atoms with E-state index in [1.54, 1.807) is 23.2 Å². The standard InChI is InChI=1S/C14H18N2O2/c1-8-6-10(8)13(17)9-4-5-11-12(7-9)16(3)14(18)15(11)2/h4-5,7-8,10,13,17H,6H2,1-3H3. The number of rotatable bonds is 2. The smallest absolute Gasteiger partial charge is 0.328 e. The zero-order chi connectivity index (χ0) is 13.0. The molecule has 1 N–H and O–H groups in total. The second kappa shape index (κ2) is 3.72. The number of benzene rings is 1. The van der Waals surface area contributed by atoms with E-state index in [0.29, 0.717) is 11.8 Å². The first kappa shape index (κ1) is 11.5. The average molecular weight is 246 g/mol. The fourth-order valence-electron chi connectivity index (χ4n) is 2.75. The van der Waals surface area contributed by atoms with Crippen LogP contribution in [0.3, 0.4) is 0 Å². The third kappa shape index (κ3) is 1.52. The van der Waals surface area contributed by atoms with E-state index in [9.17, 15) is 9.90 Å². The third-order valence-electron chi connectivity index (χ3n) is 4.21. The molecule has 96 valence electrons. The van der Waals surface area contributed by atoms with Crippen LogP contribution in [0.4, 0.5) is 0 Å². The van der Waals surface area contributed by atoms with E-state index in [1.807, 2.05) is 18.2 Å². The minimum Gasteiger partial charge on any atom is -0.388 e. The van der Waals surface area contributed by atoms with Crippen LogP contribution in [0.5, 0.6) is 0 Å². The molecule has 0 amide bonds. The fourth-order valence-corrected chi connectivity index (χ4v) is 2.75. The number of imidazole rings is 1. The van der Waals surface area contributed by atoms with Crippen molar-refractivity contribution in [3.05, 3.63) is 34.2 Å². The summed E-state index contributed by atoms with van der Waals surface area (Å²) in [6.45, 7) is 2.16. The first-order valence-electron chi connectivity index (χ1n) is 6.34. The molecule has 1 aromatic heterocycles. The molecule has 4 heteroatoms. The Bertz CT molecular complexity index is 668. The third-order valence-corrected chi connectivity index (χ3v) is 4.21. The Labute approximate surface area is 105 Å². The van der Waals surface area contributed by atoms with Gasteiger partial charge in [-0.15, -0.1) is 0 Å². The molecule has 1 aliphatic carbocycles. The van der Waals surface area contributed by atoms with Gasteiger partial charge in [-0.05, 0) is 36.0 Å². The average Bonchev–Trinajstić information content (AvgIpc) is 3.07. The van der Waals surface area contributed by atoms with E-state index >= 15 is 0 Å². The number of hydrogen-bond acceptors (Lipinski definition) is 2. The molecule has 4 nitrogen and oxygen atoms in total. The number of aliphatic hydroxyl groups excluding tert-OH is 1. The van der Waals surface area contributed by atoms with Crippen LogP contribution in [0.25, 0.3) is 11.0 Å². The van der Waals surface area contributed by atoms with Gasteiger partial charge in [-0.25, -0.2) is 4.79 Å². The van der Waals surface area contributed by atoms with Crippen molar-refractivity contribution in [3.63, 3.8) is 0 Å². The quantitative estimate of drug-likeness (QED) is 0.874. The number of fused-ring (bicyclic) bond motifs is 1. The summed E-state index contributed by atoms with van der Waals surface area (Å²) in [5, 5.41) is 10.3. The van der Waals surface area contributed by atoms with Gasteiger partial charge >= 0.3 is 5.69 Å². The molecule has 0 aliphatic heterocycles. The lowest BCUT2D eigenvalue weighted by molar-refractivity contribution is 0.148. The molecule has 3 unspecified atom stereocenters. The normalized spacial score (nSPS) is 24.4. The highest BCUT2D eigenvalue weighted by Gasteiger charge is 2.39.